The lowest BCUT2D eigenvalue weighted by Gasteiger charge is -2.38. The van der Waals surface area contributed by atoms with Crippen molar-refractivity contribution in [2.75, 3.05) is 43.1 Å². The van der Waals surface area contributed by atoms with E-state index in [1.165, 1.54) is 20.0 Å². The molecule has 5 rings (SSSR count). The number of aromatic nitrogens is 2. The van der Waals surface area contributed by atoms with Crippen LogP contribution in [0.25, 0.3) is 22.0 Å². The van der Waals surface area contributed by atoms with Crippen LogP contribution in [-0.4, -0.2) is 48.4 Å². The van der Waals surface area contributed by atoms with Crippen LogP contribution in [0.1, 0.15) is 30.5 Å². The molecule has 0 radical (unpaired) electrons. The van der Waals surface area contributed by atoms with Crippen LogP contribution in [0.15, 0.2) is 60.9 Å². The number of hydrogen-bond acceptors (Lipinski definition) is 7. The lowest BCUT2D eigenvalue weighted by atomic mass is 9.98. The molecule has 0 unspecified atom stereocenters. The number of fused-ring (bicyclic) bond motifs is 1. The first-order chi connectivity index (χ1) is 19.0. The smallest absolute Gasteiger partial charge is 0.419 e. The van der Waals surface area contributed by atoms with Crippen molar-refractivity contribution >= 4 is 22.4 Å². The number of aliphatic hydroxyl groups is 1. The largest absolute Gasteiger partial charge is 0.494 e. The van der Waals surface area contributed by atoms with E-state index in [1.54, 1.807) is 30.3 Å². The Hall–Kier alpha value is -4.36. The van der Waals surface area contributed by atoms with Gasteiger partial charge in [-0.15, -0.1) is 0 Å². The number of halogens is 3. The number of pyridine rings is 2. The molecule has 3 heterocycles. The zero-order chi connectivity index (χ0) is 28.7. The highest BCUT2D eigenvalue weighted by molar-refractivity contribution is 5.99. The fourth-order valence-corrected chi connectivity index (χ4v) is 5.00. The van der Waals surface area contributed by atoms with Crippen LogP contribution in [-0.2, 0) is 11.8 Å². The lowest BCUT2D eigenvalue weighted by molar-refractivity contribution is -0.137. The maximum Gasteiger partial charge on any atom is 0.419 e. The highest BCUT2D eigenvalue weighted by Gasteiger charge is 2.38. The van der Waals surface area contributed by atoms with E-state index in [0.717, 1.165) is 33.8 Å². The van der Waals surface area contributed by atoms with Crippen molar-refractivity contribution in [1.29, 1.82) is 5.26 Å². The Morgan fingerprint density at radius 1 is 0.950 bits per heavy atom. The van der Waals surface area contributed by atoms with Crippen LogP contribution in [0.2, 0.25) is 0 Å². The molecule has 0 amide bonds. The number of nitriles is 1. The summed E-state index contributed by atoms with van der Waals surface area (Å²) in [6.07, 6.45) is -1.57. The average Bonchev–Trinajstić information content (AvgIpc) is 2.95. The third-order valence-corrected chi connectivity index (χ3v) is 7.16. The monoisotopic (exact) mass is 547 g/mol. The molecule has 4 aromatic rings. The summed E-state index contributed by atoms with van der Waals surface area (Å²) >= 11 is 0. The summed E-state index contributed by atoms with van der Waals surface area (Å²) in [4.78, 5) is 12.6. The highest BCUT2D eigenvalue weighted by Crippen LogP contribution is 2.41. The van der Waals surface area contributed by atoms with Crippen LogP contribution in [0.3, 0.4) is 0 Å². The van der Waals surface area contributed by atoms with Gasteiger partial charge >= 0.3 is 6.18 Å². The molecular weight excluding hydrogens is 519 g/mol. The molecule has 0 bridgehead atoms. The summed E-state index contributed by atoms with van der Waals surface area (Å²) in [7, 11) is 1.59. The normalized spacial score (nSPS) is 14.3. The van der Waals surface area contributed by atoms with Crippen LogP contribution in [0.5, 0.6) is 5.75 Å². The fourth-order valence-electron chi connectivity index (χ4n) is 5.00. The predicted molar refractivity (Wildman–Crippen MR) is 147 cm³/mol. The number of rotatable bonds is 5. The Morgan fingerprint density at radius 2 is 1.62 bits per heavy atom. The van der Waals surface area contributed by atoms with Crippen molar-refractivity contribution in [3.63, 3.8) is 0 Å². The molecule has 1 N–H and O–H groups in total. The van der Waals surface area contributed by atoms with Gasteiger partial charge in [0.15, 0.2) is 5.75 Å². The van der Waals surface area contributed by atoms with Crippen molar-refractivity contribution in [2.24, 2.45) is 0 Å². The number of hydrogen-bond donors (Lipinski definition) is 1. The summed E-state index contributed by atoms with van der Waals surface area (Å²) in [5.74, 6) is 0.494. The maximum atomic E-state index is 14.0. The van der Waals surface area contributed by atoms with E-state index in [2.05, 4.69) is 16.0 Å². The first-order valence-electron chi connectivity index (χ1n) is 12.8. The molecule has 1 aliphatic rings. The van der Waals surface area contributed by atoms with Crippen LogP contribution >= 0.6 is 0 Å². The van der Waals surface area contributed by atoms with Crippen molar-refractivity contribution < 1.29 is 23.0 Å². The number of ether oxygens (including phenoxy) is 1. The second kappa shape index (κ2) is 10.3. The summed E-state index contributed by atoms with van der Waals surface area (Å²) in [6.45, 7) is 4.35. The minimum atomic E-state index is -4.61. The Kier molecular flexibility index (Phi) is 7.02. The second-order valence-electron chi connectivity index (χ2n) is 10.2. The Bertz CT molecular complexity index is 1580. The first-order valence-corrected chi connectivity index (χ1v) is 12.8. The van der Waals surface area contributed by atoms with Crippen LogP contribution in [0, 0.1) is 11.3 Å². The molecule has 2 aromatic carbocycles. The summed E-state index contributed by atoms with van der Waals surface area (Å²) in [5, 5.41) is 20.1. The van der Waals surface area contributed by atoms with Gasteiger partial charge in [0.2, 0.25) is 0 Å². The van der Waals surface area contributed by atoms with Gasteiger partial charge in [-0.25, -0.2) is 4.98 Å². The van der Waals surface area contributed by atoms with E-state index in [4.69, 9.17) is 15.0 Å². The van der Waals surface area contributed by atoms with Crippen LogP contribution < -0.4 is 14.5 Å². The van der Waals surface area contributed by atoms with Gasteiger partial charge in [-0.05, 0) is 43.7 Å². The number of benzene rings is 2. The van der Waals surface area contributed by atoms with Gasteiger partial charge in [0.1, 0.15) is 5.82 Å². The van der Waals surface area contributed by atoms with Gasteiger partial charge in [-0.1, -0.05) is 24.3 Å². The zero-order valence-corrected chi connectivity index (χ0v) is 22.3. The molecule has 0 aliphatic carbocycles. The third-order valence-electron chi connectivity index (χ3n) is 7.16. The quantitative estimate of drug-likeness (QED) is 0.341. The third kappa shape index (κ3) is 5.12. The van der Waals surface area contributed by atoms with Gasteiger partial charge in [0.05, 0.1) is 47.3 Å². The average molecular weight is 548 g/mol. The molecule has 0 spiro atoms. The molecule has 0 saturated carbocycles. The minimum Gasteiger partial charge on any atom is -0.494 e. The summed E-state index contributed by atoms with van der Waals surface area (Å²) in [5.41, 5.74) is 1.70. The standard InChI is InChI=1S/C30H28F3N5O2/c1-29(2,39)21-15-24(30(31,32)33)28(36-17-21)38-13-11-37(12-14-38)25-18-35-26-22(5-4-6-23(26)27(25)40-3)20-9-7-19(16-34)8-10-20/h4-10,15,17-18,39H,11-14H2,1-3H3. The SMILES string of the molecule is COc1c(N2CCN(c3ncc(C(C)(C)O)cc3C(F)(F)F)CC2)cnc2c(-c3ccc(C#N)cc3)cccc12. The van der Waals surface area contributed by atoms with E-state index in [-0.39, 0.29) is 11.4 Å². The molecular formula is C30H28F3N5O2. The second-order valence-corrected chi connectivity index (χ2v) is 10.2. The number of piperazine rings is 1. The van der Waals surface area contributed by atoms with E-state index in [9.17, 15) is 18.3 Å². The van der Waals surface area contributed by atoms with Crippen molar-refractivity contribution in [1.82, 2.24) is 9.97 Å². The van der Waals surface area contributed by atoms with E-state index in [0.29, 0.717) is 37.5 Å². The molecule has 0 atom stereocenters. The molecule has 1 fully saturated rings. The number of anilines is 2. The fraction of sp³-hybridized carbons (Fsp3) is 0.300. The van der Waals surface area contributed by atoms with Gasteiger partial charge in [-0.3, -0.25) is 4.98 Å². The van der Waals surface area contributed by atoms with Gasteiger partial charge in [0, 0.05) is 48.9 Å². The topological polar surface area (TPSA) is 85.5 Å². The predicted octanol–water partition coefficient (Wildman–Crippen LogP) is 5.75. The minimum absolute atomic E-state index is 0.106. The van der Waals surface area contributed by atoms with Gasteiger partial charge < -0.3 is 19.6 Å². The summed E-state index contributed by atoms with van der Waals surface area (Å²) < 4.78 is 47.7. The zero-order valence-electron chi connectivity index (χ0n) is 22.3. The number of para-hydroxylation sites is 1. The van der Waals surface area contributed by atoms with Crippen LogP contribution in [0.4, 0.5) is 24.7 Å². The van der Waals surface area contributed by atoms with E-state index >= 15 is 0 Å². The Morgan fingerprint density at radius 3 is 2.23 bits per heavy atom. The molecule has 10 heteroatoms. The molecule has 40 heavy (non-hydrogen) atoms. The van der Waals surface area contributed by atoms with Gasteiger partial charge in [-0.2, -0.15) is 18.4 Å². The first kappa shape index (κ1) is 27.2. The highest BCUT2D eigenvalue weighted by atomic mass is 19.4. The molecule has 7 nitrogen and oxygen atoms in total. The Balaban J connectivity index is 1.43. The maximum absolute atomic E-state index is 14.0. The number of alkyl halides is 3. The van der Waals surface area contributed by atoms with Gasteiger partial charge in [0.25, 0.3) is 0 Å². The molecule has 1 aliphatic heterocycles. The van der Waals surface area contributed by atoms with E-state index < -0.39 is 17.3 Å². The molecule has 1 saturated heterocycles. The number of methoxy groups -OCH3 is 1. The Labute approximate surface area is 230 Å². The molecule has 206 valence electrons. The van der Waals surface area contributed by atoms with Crippen molar-refractivity contribution in [2.45, 2.75) is 25.6 Å². The molecule has 2 aromatic heterocycles. The number of nitrogens with zero attached hydrogens (tertiary/aromatic N) is 5. The van der Waals surface area contributed by atoms with E-state index in [1.807, 2.05) is 30.3 Å². The van der Waals surface area contributed by atoms with Crippen molar-refractivity contribution in [3.8, 4) is 22.9 Å². The lowest BCUT2D eigenvalue weighted by Crippen LogP contribution is -2.47. The van der Waals surface area contributed by atoms with Crippen molar-refractivity contribution in [3.05, 3.63) is 77.6 Å². The summed E-state index contributed by atoms with van der Waals surface area (Å²) in [6, 6.07) is 16.2.